The summed E-state index contributed by atoms with van der Waals surface area (Å²) >= 11 is 0. The number of alkyl halides is 3. The number of amides is 1. The number of fused-ring (bicyclic) bond motifs is 3. The number of benzene rings is 2. The summed E-state index contributed by atoms with van der Waals surface area (Å²) in [5.41, 5.74) is 1.66. The van der Waals surface area contributed by atoms with Gasteiger partial charge in [-0.15, -0.1) is 0 Å². The number of nitrogens with one attached hydrogen (secondary N) is 1. The largest absolute Gasteiger partial charge is 0.416 e. The van der Waals surface area contributed by atoms with E-state index < -0.39 is 17.7 Å². The molecule has 34 heavy (non-hydrogen) atoms. The van der Waals surface area contributed by atoms with E-state index in [1.165, 1.54) is 18.2 Å². The fourth-order valence-corrected chi connectivity index (χ4v) is 4.97. The Morgan fingerprint density at radius 2 is 1.85 bits per heavy atom. The Bertz CT molecular complexity index is 1010. The summed E-state index contributed by atoms with van der Waals surface area (Å²) < 4.78 is 53.3. The molecule has 0 unspecified atom stereocenters. The van der Waals surface area contributed by atoms with Crippen LogP contribution in [0.1, 0.15) is 37.0 Å². The van der Waals surface area contributed by atoms with Crippen LogP contribution in [0.3, 0.4) is 0 Å². The zero-order valence-electron chi connectivity index (χ0n) is 19.5. The summed E-state index contributed by atoms with van der Waals surface area (Å²) in [6.45, 7) is 7.27. The van der Waals surface area contributed by atoms with Gasteiger partial charge >= 0.3 is 6.18 Å². The lowest BCUT2D eigenvalue weighted by Crippen LogP contribution is -2.61. The van der Waals surface area contributed by atoms with Crippen molar-refractivity contribution in [2.75, 3.05) is 31.1 Å². The number of hydrogen-bond acceptors (Lipinski definition) is 3. The smallest absolute Gasteiger partial charge is 0.365 e. The molecule has 184 valence electrons. The molecular weight excluding hydrogens is 446 g/mol. The zero-order chi connectivity index (χ0) is 24.5. The number of hydrogen-bond donors (Lipinski definition) is 1. The fraction of sp³-hybridized carbons (Fsp3) is 0.500. The second-order valence-electron chi connectivity index (χ2n) is 9.75. The lowest BCUT2D eigenvalue weighted by Gasteiger charge is -2.49. The van der Waals surface area contributed by atoms with Crippen molar-refractivity contribution in [1.82, 2.24) is 10.2 Å². The minimum Gasteiger partial charge on any atom is -0.365 e. The number of carbonyl (C=O) groups is 1. The van der Waals surface area contributed by atoms with E-state index in [1.54, 1.807) is 18.2 Å². The van der Waals surface area contributed by atoms with Gasteiger partial charge in [-0.3, -0.25) is 9.69 Å². The Kier molecular flexibility index (Phi) is 7.17. The van der Waals surface area contributed by atoms with Crippen LogP contribution in [0.4, 0.5) is 23.2 Å². The molecule has 0 spiro atoms. The van der Waals surface area contributed by atoms with Crippen molar-refractivity contribution in [3.63, 3.8) is 0 Å². The quantitative estimate of drug-likeness (QED) is 0.603. The van der Waals surface area contributed by atoms with Crippen molar-refractivity contribution < 1.29 is 22.4 Å². The van der Waals surface area contributed by atoms with Crippen LogP contribution >= 0.6 is 0 Å². The van der Waals surface area contributed by atoms with Crippen molar-refractivity contribution in [2.45, 2.75) is 45.5 Å². The first-order chi connectivity index (χ1) is 16.1. The molecule has 2 aromatic carbocycles. The molecule has 0 bridgehead atoms. The first-order valence-electron chi connectivity index (χ1n) is 11.8. The van der Waals surface area contributed by atoms with Crippen LogP contribution in [0.5, 0.6) is 0 Å². The minimum atomic E-state index is -4.42. The predicted octanol–water partition coefficient (Wildman–Crippen LogP) is 4.87. The molecule has 0 saturated carbocycles. The van der Waals surface area contributed by atoms with Crippen molar-refractivity contribution in [2.24, 2.45) is 11.8 Å². The molecule has 4 nitrogen and oxygen atoms in total. The van der Waals surface area contributed by atoms with Crippen LogP contribution in [0.25, 0.3) is 0 Å². The highest BCUT2D eigenvalue weighted by molar-refractivity contribution is 5.82. The van der Waals surface area contributed by atoms with Crippen molar-refractivity contribution in [3.05, 3.63) is 65.0 Å². The van der Waals surface area contributed by atoms with Crippen LogP contribution in [-0.2, 0) is 23.9 Å². The van der Waals surface area contributed by atoms with Crippen molar-refractivity contribution >= 4 is 11.6 Å². The monoisotopic (exact) mass is 477 g/mol. The van der Waals surface area contributed by atoms with Gasteiger partial charge < -0.3 is 10.2 Å². The Labute approximate surface area is 197 Å². The minimum absolute atomic E-state index is 0.109. The van der Waals surface area contributed by atoms with Gasteiger partial charge in [0.1, 0.15) is 5.82 Å². The van der Waals surface area contributed by atoms with Gasteiger partial charge in [0.2, 0.25) is 5.91 Å². The average molecular weight is 478 g/mol. The van der Waals surface area contributed by atoms with Crippen LogP contribution in [0.15, 0.2) is 42.5 Å². The molecule has 0 radical (unpaired) electrons. The molecule has 4 rings (SSSR count). The third-order valence-electron chi connectivity index (χ3n) is 6.80. The van der Waals surface area contributed by atoms with E-state index in [0.29, 0.717) is 44.2 Å². The SMILES string of the molecule is CC(C)CCNC(=O)[C@@H]1Cc2cc(C(F)(F)F)ccc2N2CCN(Cc3ccc(F)cc3)C[C@H]12. The van der Waals surface area contributed by atoms with E-state index in [4.69, 9.17) is 0 Å². The lowest BCUT2D eigenvalue weighted by molar-refractivity contribution is -0.137. The van der Waals surface area contributed by atoms with E-state index in [-0.39, 0.29) is 24.2 Å². The van der Waals surface area contributed by atoms with Crippen LogP contribution in [-0.4, -0.2) is 43.0 Å². The Balaban J connectivity index is 1.58. The van der Waals surface area contributed by atoms with E-state index in [2.05, 4.69) is 29.0 Å². The van der Waals surface area contributed by atoms with E-state index in [1.807, 2.05) is 0 Å². The van der Waals surface area contributed by atoms with Crippen molar-refractivity contribution in [1.29, 1.82) is 0 Å². The molecule has 0 aliphatic carbocycles. The van der Waals surface area contributed by atoms with E-state index in [9.17, 15) is 22.4 Å². The summed E-state index contributed by atoms with van der Waals surface area (Å²) in [5, 5.41) is 3.02. The van der Waals surface area contributed by atoms with Crippen LogP contribution in [0, 0.1) is 17.7 Å². The predicted molar refractivity (Wildman–Crippen MR) is 124 cm³/mol. The first kappa shape index (κ1) is 24.5. The molecule has 1 saturated heterocycles. The van der Waals surface area contributed by atoms with Crippen molar-refractivity contribution in [3.8, 4) is 0 Å². The van der Waals surface area contributed by atoms with E-state index >= 15 is 0 Å². The second kappa shape index (κ2) is 9.94. The van der Waals surface area contributed by atoms with Gasteiger partial charge in [-0.1, -0.05) is 26.0 Å². The van der Waals surface area contributed by atoms with Gasteiger partial charge in [-0.25, -0.2) is 4.39 Å². The summed E-state index contributed by atoms with van der Waals surface area (Å²) in [6.07, 6.45) is -3.30. The summed E-state index contributed by atoms with van der Waals surface area (Å²) in [7, 11) is 0. The van der Waals surface area contributed by atoms with E-state index in [0.717, 1.165) is 23.7 Å². The lowest BCUT2D eigenvalue weighted by atomic mass is 9.82. The molecule has 2 heterocycles. The molecule has 1 amide bonds. The highest BCUT2D eigenvalue weighted by Gasteiger charge is 2.42. The number of nitrogens with zero attached hydrogens (tertiary/aromatic N) is 2. The van der Waals surface area contributed by atoms with Gasteiger partial charge in [-0.05, 0) is 60.2 Å². The van der Waals surface area contributed by atoms with Crippen LogP contribution < -0.4 is 10.2 Å². The Morgan fingerprint density at radius 3 is 2.53 bits per heavy atom. The summed E-state index contributed by atoms with van der Waals surface area (Å²) in [6, 6.07) is 10.1. The third-order valence-corrected chi connectivity index (χ3v) is 6.80. The van der Waals surface area contributed by atoms with Gasteiger partial charge in [0.25, 0.3) is 0 Å². The summed E-state index contributed by atoms with van der Waals surface area (Å²) in [4.78, 5) is 17.5. The molecule has 0 aromatic heterocycles. The molecule has 1 N–H and O–H groups in total. The molecule has 2 aliphatic heterocycles. The molecule has 2 atom stereocenters. The number of carbonyl (C=O) groups excluding carboxylic acids is 1. The Morgan fingerprint density at radius 1 is 1.12 bits per heavy atom. The molecular formula is C26H31F4N3O. The summed E-state index contributed by atoms with van der Waals surface area (Å²) in [5.74, 6) is -0.394. The molecule has 2 aliphatic rings. The first-order valence-corrected chi connectivity index (χ1v) is 11.8. The zero-order valence-corrected chi connectivity index (χ0v) is 19.5. The number of rotatable bonds is 6. The second-order valence-corrected chi connectivity index (χ2v) is 9.75. The number of piperazine rings is 1. The molecule has 8 heteroatoms. The van der Waals surface area contributed by atoms with Gasteiger partial charge in [0.05, 0.1) is 17.5 Å². The van der Waals surface area contributed by atoms with Crippen LogP contribution in [0.2, 0.25) is 0 Å². The third kappa shape index (κ3) is 5.54. The maximum absolute atomic E-state index is 13.3. The number of halogens is 4. The highest BCUT2D eigenvalue weighted by Crippen LogP contribution is 2.40. The maximum atomic E-state index is 13.3. The molecule has 1 fully saturated rings. The number of anilines is 1. The van der Waals surface area contributed by atoms with Gasteiger partial charge in [-0.2, -0.15) is 13.2 Å². The molecule has 2 aromatic rings. The average Bonchev–Trinajstić information content (AvgIpc) is 2.78. The topological polar surface area (TPSA) is 35.6 Å². The van der Waals surface area contributed by atoms with Gasteiger partial charge in [0.15, 0.2) is 0 Å². The fourth-order valence-electron chi connectivity index (χ4n) is 4.97. The standard InChI is InChI=1S/C26H31F4N3O/c1-17(2)9-10-31-25(34)22-14-19-13-20(26(28,29)30)5-8-23(19)33-12-11-32(16-24(22)33)15-18-3-6-21(27)7-4-18/h3-8,13,17,22,24H,9-12,14-16H2,1-2H3,(H,31,34)/t22-,24-/m1/s1. The normalized spacial score (nSPS) is 20.7. The van der Waals surface area contributed by atoms with Gasteiger partial charge in [0, 0.05) is 38.4 Å². The Hall–Kier alpha value is -2.61. The highest BCUT2D eigenvalue weighted by atomic mass is 19.4. The maximum Gasteiger partial charge on any atom is 0.416 e.